The van der Waals surface area contributed by atoms with Crippen molar-refractivity contribution in [1.29, 1.82) is 5.26 Å². The Morgan fingerprint density at radius 2 is 2.25 bits per heavy atom. The Balaban J connectivity index is 2.00. The molecule has 0 aliphatic carbocycles. The van der Waals surface area contributed by atoms with E-state index in [1.54, 1.807) is 35.4 Å². The summed E-state index contributed by atoms with van der Waals surface area (Å²) in [5.41, 5.74) is 7.42. The van der Waals surface area contributed by atoms with Crippen molar-refractivity contribution in [1.82, 2.24) is 14.5 Å². The van der Waals surface area contributed by atoms with Crippen LogP contribution in [0.15, 0.2) is 52.1 Å². The number of unbranched alkanes of at least 4 members (excludes halogenated alkanes) is 1. The van der Waals surface area contributed by atoms with Gasteiger partial charge in [0.2, 0.25) is 5.95 Å². The van der Waals surface area contributed by atoms with Gasteiger partial charge in [-0.2, -0.15) is 5.26 Å². The van der Waals surface area contributed by atoms with Crippen molar-refractivity contribution < 1.29 is 4.42 Å². The molecule has 0 atom stereocenters. The fourth-order valence-electron chi connectivity index (χ4n) is 2.40. The predicted octanol–water partition coefficient (Wildman–Crippen LogP) is 2.45. The quantitative estimate of drug-likeness (QED) is 0.723. The maximum Gasteiger partial charge on any atom is 0.251 e. The summed E-state index contributed by atoms with van der Waals surface area (Å²) >= 11 is 0. The van der Waals surface area contributed by atoms with E-state index >= 15 is 0 Å². The lowest BCUT2D eigenvalue weighted by Gasteiger charge is -2.09. The van der Waals surface area contributed by atoms with E-state index in [2.05, 4.69) is 16.0 Å². The summed E-state index contributed by atoms with van der Waals surface area (Å²) in [4.78, 5) is 20.5. The molecule has 7 nitrogen and oxygen atoms in total. The Morgan fingerprint density at radius 1 is 1.38 bits per heavy atom. The SMILES string of the molecule is N#CCCCn1ccc(-c2cnc(N)nc2-c2ccco2)cc1=O. The molecule has 0 aliphatic heterocycles. The minimum absolute atomic E-state index is 0.134. The summed E-state index contributed by atoms with van der Waals surface area (Å²) in [5, 5.41) is 8.58. The van der Waals surface area contributed by atoms with E-state index in [-0.39, 0.29) is 11.5 Å². The molecular weight excluding hydrogens is 306 g/mol. The molecule has 3 aromatic rings. The first-order chi connectivity index (χ1) is 11.7. The number of furan rings is 1. The number of aromatic nitrogens is 3. The van der Waals surface area contributed by atoms with Gasteiger partial charge in [-0.25, -0.2) is 9.97 Å². The molecule has 0 bridgehead atoms. The van der Waals surface area contributed by atoms with Crippen molar-refractivity contribution in [3.8, 4) is 28.7 Å². The minimum Gasteiger partial charge on any atom is -0.463 e. The maximum absolute atomic E-state index is 12.3. The van der Waals surface area contributed by atoms with Gasteiger partial charge in [0.25, 0.3) is 5.56 Å². The standard InChI is InChI=1S/C17H15N5O2/c18-6-1-2-7-22-8-5-12(10-15(22)23)13-11-20-17(19)21-16(13)14-4-3-9-24-14/h3-5,8-11H,1-2,7H2,(H2,19,20,21). The van der Waals surface area contributed by atoms with Crippen LogP contribution in [0.25, 0.3) is 22.6 Å². The van der Waals surface area contributed by atoms with E-state index in [0.717, 1.165) is 0 Å². The predicted molar refractivity (Wildman–Crippen MR) is 88.7 cm³/mol. The summed E-state index contributed by atoms with van der Waals surface area (Å²) < 4.78 is 6.97. The molecule has 2 N–H and O–H groups in total. The van der Waals surface area contributed by atoms with E-state index in [9.17, 15) is 4.79 Å². The van der Waals surface area contributed by atoms with Gasteiger partial charge in [0.15, 0.2) is 5.76 Å². The number of pyridine rings is 1. The van der Waals surface area contributed by atoms with Gasteiger partial charge in [-0.15, -0.1) is 0 Å². The molecule has 3 heterocycles. The van der Waals surface area contributed by atoms with Crippen molar-refractivity contribution in [3.63, 3.8) is 0 Å². The van der Waals surface area contributed by atoms with E-state index in [0.29, 0.717) is 42.0 Å². The second kappa shape index (κ2) is 6.79. The van der Waals surface area contributed by atoms with Crippen LogP contribution in [0.3, 0.4) is 0 Å². The zero-order valence-corrected chi connectivity index (χ0v) is 12.8. The second-order valence-corrected chi connectivity index (χ2v) is 5.18. The van der Waals surface area contributed by atoms with Gasteiger partial charge in [0, 0.05) is 37.0 Å². The number of rotatable bonds is 5. The van der Waals surface area contributed by atoms with Crippen LogP contribution >= 0.6 is 0 Å². The first-order valence-corrected chi connectivity index (χ1v) is 7.43. The second-order valence-electron chi connectivity index (χ2n) is 5.18. The third kappa shape index (κ3) is 3.17. The molecule has 0 saturated heterocycles. The number of nitrogens with zero attached hydrogens (tertiary/aromatic N) is 4. The molecule has 24 heavy (non-hydrogen) atoms. The minimum atomic E-state index is -0.146. The van der Waals surface area contributed by atoms with Crippen molar-refractivity contribution in [2.45, 2.75) is 19.4 Å². The number of aryl methyl sites for hydroxylation is 1. The highest BCUT2D eigenvalue weighted by molar-refractivity contribution is 5.78. The number of anilines is 1. The molecule has 0 saturated carbocycles. The normalized spacial score (nSPS) is 10.5. The maximum atomic E-state index is 12.3. The van der Waals surface area contributed by atoms with Crippen LogP contribution in [-0.4, -0.2) is 14.5 Å². The number of nitrogen functional groups attached to an aromatic ring is 1. The molecule has 0 amide bonds. The summed E-state index contributed by atoms with van der Waals surface area (Å²) in [6.07, 6.45) is 5.89. The smallest absolute Gasteiger partial charge is 0.251 e. The van der Waals surface area contributed by atoms with Crippen molar-refractivity contribution in [3.05, 3.63) is 53.3 Å². The summed E-state index contributed by atoms with van der Waals surface area (Å²) in [6.45, 7) is 0.510. The lowest BCUT2D eigenvalue weighted by molar-refractivity contribution is 0.580. The first-order valence-electron chi connectivity index (χ1n) is 7.43. The van der Waals surface area contributed by atoms with Crippen LogP contribution in [0.4, 0.5) is 5.95 Å². The van der Waals surface area contributed by atoms with E-state index in [1.807, 2.05) is 6.07 Å². The number of hydrogen-bond donors (Lipinski definition) is 1. The summed E-state index contributed by atoms with van der Waals surface area (Å²) in [5.74, 6) is 0.687. The zero-order chi connectivity index (χ0) is 16.9. The average molecular weight is 321 g/mol. The van der Waals surface area contributed by atoms with Crippen molar-refractivity contribution in [2.75, 3.05) is 5.73 Å². The lowest BCUT2D eigenvalue weighted by Crippen LogP contribution is -2.18. The molecule has 120 valence electrons. The number of nitrogens with two attached hydrogens (primary N) is 1. The fourth-order valence-corrected chi connectivity index (χ4v) is 2.40. The van der Waals surface area contributed by atoms with Crippen LogP contribution in [0, 0.1) is 11.3 Å². The first kappa shape index (κ1) is 15.5. The lowest BCUT2D eigenvalue weighted by atomic mass is 10.1. The molecular formula is C17H15N5O2. The van der Waals surface area contributed by atoms with Gasteiger partial charge in [-0.1, -0.05) is 0 Å². The molecule has 0 aliphatic rings. The summed E-state index contributed by atoms with van der Waals surface area (Å²) in [7, 11) is 0. The Bertz CT molecular complexity index is 938. The van der Waals surface area contributed by atoms with E-state index < -0.39 is 0 Å². The molecule has 7 heteroatoms. The topological polar surface area (TPSA) is 111 Å². The van der Waals surface area contributed by atoms with Gasteiger partial charge in [0.05, 0.1) is 12.3 Å². The number of nitriles is 1. The Morgan fingerprint density at radius 3 is 2.96 bits per heavy atom. The van der Waals surface area contributed by atoms with E-state index in [1.165, 1.54) is 6.07 Å². The largest absolute Gasteiger partial charge is 0.463 e. The average Bonchev–Trinajstić information content (AvgIpc) is 3.11. The van der Waals surface area contributed by atoms with Crippen molar-refractivity contribution in [2.24, 2.45) is 0 Å². The molecule has 0 unspecified atom stereocenters. The molecule has 3 aromatic heterocycles. The van der Waals surface area contributed by atoms with Crippen LogP contribution in [0.1, 0.15) is 12.8 Å². The third-order valence-corrected chi connectivity index (χ3v) is 3.56. The van der Waals surface area contributed by atoms with Crippen LogP contribution < -0.4 is 11.3 Å². The van der Waals surface area contributed by atoms with E-state index in [4.69, 9.17) is 15.4 Å². The van der Waals surface area contributed by atoms with Gasteiger partial charge < -0.3 is 14.7 Å². The Kier molecular flexibility index (Phi) is 4.38. The van der Waals surface area contributed by atoms with Gasteiger partial charge in [0.1, 0.15) is 5.69 Å². The highest BCUT2D eigenvalue weighted by Crippen LogP contribution is 2.29. The molecule has 0 radical (unpaired) electrons. The summed E-state index contributed by atoms with van der Waals surface area (Å²) in [6, 6.07) is 8.93. The fraction of sp³-hybridized carbons (Fsp3) is 0.176. The molecule has 0 aromatic carbocycles. The number of hydrogen-bond acceptors (Lipinski definition) is 6. The Hall–Kier alpha value is -3.40. The highest BCUT2D eigenvalue weighted by Gasteiger charge is 2.13. The van der Waals surface area contributed by atoms with Crippen LogP contribution in [-0.2, 0) is 6.54 Å². The molecule has 0 fully saturated rings. The van der Waals surface area contributed by atoms with Gasteiger partial charge >= 0.3 is 0 Å². The van der Waals surface area contributed by atoms with Gasteiger partial charge in [-0.3, -0.25) is 4.79 Å². The molecule has 0 spiro atoms. The van der Waals surface area contributed by atoms with Crippen LogP contribution in [0.5, 0.6) is 0 Å². The monoisotopic (exact) mass is 321 g/mol. The molecule has 3 rings (SSSR count). The van der Waals surface area contributed by atoms with Gasteiger partial charge in [-0.05, 0) is 30.2 Å². The van der Waals surface area contributed by atoms with Crippen LogP contribution in [0.2, 0.25) is 0 Å². The zero-order valence-electron chi connectivity index (χ0n) is 12.8. The Labute approximate surface area is 138 Å². The highest BCUT2D eigenvalue weighted by atomic mass is 16.3. The third-order valence-electron chi connectivity index (χ3n) is 3.56. The van der Waals surface area contributed by atoms with Crippen molar-refractivity contribution >= 4 is 5.95 Å².